The molecule has 0 heterocycles. The zero-order valence-corrected chi connectivity index (χ0v) is 9.58. The maximum absolute atomic E-state index is 12.2. The number of hydrogen-bond donors (Lipinski definition) is 0. The lowest BCUT2D eigenvalue weighted by atomic mass is 10.3. The van der Waals surface area contributed by atoms with E-state index in [1.165, 1.54) is 13.0 Å². The van der Waals surface area contributed by atoms with Gasteiger partial charge in [0.25, 0.3) is 0 Å². The number of amides is 1. The molecule has 0 aliphatic carbocycles. The standard InChI is InChI=1S/C10H14F3NO3/c1-3-4-8(15)14(7-10(11,12)13)6-5-9(16)17-2/h3-4H,5-7H2,1-2H3. The summed E-state index contributed by atoms with van der Waals surface area (Å²) in [5, 5.41) is 0. The van der Waals surface area contributed by atoms with Crippen molar-refractivity contribution in [3.63, 3.8) is 0 Å². The fourth-order valence-electron chi connectivity index (χ4n) is 1.06. The third-order valence-corrected chi connectivity index (χ3v) is 1.80. The highest BCUT2D eigenvalue weighted by Gasteiger charge is 2.32. The summed E-state index contributed by atoms with van der Waals surface area (Å²) in [5.41, 5.74) is 0. The summed E-state index contributed by atoms with van der Waals surface area (Å²) in [5.74, 6) is -1.45. The maximum atomic E-state index is 12.2. The van der Waals surface area contributed by atoms with Crippen molar-refractivity contribution in [3.05, 3.63) is 12.2 Å². The topological polar surface area (TPSA) is 46.6 Å². The fraction of sp³-hybridized carbons (Fsp3) is 0.600. The Labute approximate surface area is 97.0 Å². The minimum atomic E-state index is -4.49. The van der Waals surface area contributed by atoms with Crippen LogP contribution in [0.2, 0.25) is 0 Å². The van der Waals surface area contributed by atoms with E-state index >= 15 is 0 Å². The van der Waals surface area contributed by atoms with E-state index in [1.54, 1.807) is 0 Å². The molecule has 0 saturated heterocycles. The third-order valence-electron chi connectivity index (χ3n) is 1.80. The number of rotatable bonds is 5. The highest BCUT2D eigenvalue weighted by Crippen LogP contribution is 2.17. The van der Waals surface area contributed by atoms with Crippen LogP contribution >= 0.6 is 0 Å². The smallest absolute Gasteiger partial charge is 0.406 e. The SMILES string of the molecule is CC=CC(=O)N(CCC(=O)OC)CC(F)(F)F. The van der Waals surface area contributed by atoms with Crippen LogP contribution in [0.1, 0.15) is 13.3 Å². The van der Waals surface area contributed by atoms with Crippen molar-refractivity contribution in [3.8, 4) is 0 Å². The Balaban J connectivity index is 4.51. The minimum absolute atomic E-state index is 0.268. The predicted molar refractivity (Wildman–Crippen MR) is 54.1 cm³/mol. The lowest BCUT2D eigenvalue weighted by molar-refractivity contribution is -0.160. The Bertz CT molecular complexity index is 300. The van der Waals surface area contributed by atoms with E-state index < -0.39 is 24.6 Å². The molecule has 0 aromatic rings. The van der Waals surface area contributed by atoms with Gasteiger partial charge in [-0.05, 0) is 13.0 Å². The van der Waals surface area contributed by atoms with E-state index in [4.69, 9.17) is 0 Å². The molecule has 0 unspecified atom stereocenters. The second kappa shape index (κ2) is 6.93. The predicted octanol–water partition coefficient (Wildman–Crippen LogP) is 1.52. The van der Waals surface area contributed by atoms with Gasteiger partial charge in [-0.25, -0.2) is 0 Å². The highest BCUT2D eigenvalue weighted by molar-refractivity contribution is 5.87. The van der Waals surface area contributed by atoms with Crippen LogP contribution in [0.5, 0.6) is 0 Å². The van der Waals surface area contributed by atoms with Gasteiger partial charge in [-0.15, -0.1) is 0 Å². The molecule has 98 valence electrons. The number of esters is 1. The first-order valence-electron chi connectivity index (χ1n) is 4.85. The summed E-state index contributed by atoms with van der Waals surface area (Å²) >= 11 is 0. The zero-order chi connectivity index (χ0) is 13.5. The lowest BCUT2D eigenvalue weighted by Gasteiger charge is -2.22. The number of methoxy groups -OCH3 is 1. The third kappa shape index (κ3) is 7.37. The summed E-state index contributed by atoms with van der Waals surface area (Å²) in [6.45, 7) is -0.188. The molecule has 4 nitrogen and oxygen atoms in total. The molecule has 17 heavy (non-hydrogen) atoms. The molecular weight excluding hydrogens is 239 g/mol. The normalized spacial score (nSPS) is 11.6. The average Bonchev–Trinajstić information content (AvgIpc) is 2.22. The van der Waals surface area contributed by atoms with Gasteiger partial charge in [-0.2, -0.15) is 13.2 Å². The van der Waals surface area contributed by atoms with Crippen LogP contribution in [-0.2, 0) is 14.3 Å². The zero-order valence-electron chi connectivity index (χ0n) is 9.58. The molecule has 0 fully saturated rings. The van der Waals surface area contributed by atoms with Crippen molar-refractivity contribution in [2.45, 2.75) is 19.5 Å². The molecule has 1 amide bonds. The van der Waals surface area contributed by atoms with Gasteiger partial charge < -0.3 is 9.64 Å². The van der Waals surface area contributed by atoms with Crippen LogP contribution in [-0.4, -0.2) is 43.2 Å². The van der Waals surface area contributed by atoms with Gasteiger partial charge in [0.15, 0.2) is 0 Å². The quantitative estimate of drug-likeness (QED) is 0.551. The van der Waals surface area contributed by atoms with E-state index in [1.807, 2.05) is 0 Å². The van der Waals surface area contributed by atoms with Crippen molar-refractivity contribution < 1.29 is 27.5 Å². The molecule has 7 heteroatoms. The number of hydrogen-bond acceptors (Lipinski definition) is 3. The van der Waals surface area contributed by atoms with Crippen LogP contribution in [0.15, 0.2) is 12.2 Å². The number of carbonyl (C=O) groups is 2. The van der Waals surface area contributed by atoms with Gasteiger partial charge in [0, 0.05) is 6.54 Å². The van der Waals surface area contributed by atoms with Crippen molar-refractivity contribution >= 4 is 11.9 Å². The van der Waals surface area contributed by atoms with Crippen LogP contribution in [0.25, 0.3) is 0 Å². The highest BCUT2D eigenvalue weighted by atomic mass is 19.4. The Morgan fingerprint density at radius 3 is 2.35 bits per heavy atom. The summed E-state index contributed by atoms with van der Waals surface area (Å²) in [6, 6.07) is 0. The molecule has 0 atom stereocenters. The molecule has 0 aliphatic heterocycles. The molecule has 0 spiro atoms. The lowest BCUT2D eigenvalue weighted by Crippen LogP contribution is -2.39. The Morgan fingerprint density at radius 2 is 1.94 bits per heavy atom. The molecule has 0 aromatic heterocycles. The maximum Gasteiger partial charge on any atom is 0.406 e. The molecule has 0 rings (SSSR count). The van der Waals surface area contributed by atoms with E-state index in [-0.39, 0.29) is 13.0 Å². The van der Waals surface area contributed by atoms with Gasteiger partial charge in [0.1, 0.15) is 6.54 Å². The van der Waals surface area contributed by atoms with Gasteiger partial charge in [0.2, 0.25) is 5.91 Å². The van der Waals surface area contributed by atoms with Crippen LogP contribution in [0.4, 0.5) is 13.2 Å². The molecular formula is C10H14F3NO3. The summed E-state index contributed by atoms with van der Waals surface area (Å²) in [7, 11) is 1.13. The van der Waals surface area contributed by atoms with Gasteiger partial charge in [0.05, 0.1) is 13.5 Å². The minimum Gasteiger partial charge on any atom is -0.469 e. The van der Waals surface area contributed by atoms with Gasteiger partial charge >= 0.3 is 12.1 Å². The second-order valence-corrected chi connectivity index (χ2v) is 3.20. The molecule has 0 bridgehead atoms. The van der Waals surface area contributed by atoms with E-state index in [0.717, 1.165) is 13.2 Å². The first-order valence-corrected chi connectivity index (χ1v) is 4.85. The van der Waals surface area contributed by atoms with Crippen LogP contribution in [0.3, 0.4) is 0 Å². The number of allylic oxidation sites excluding steroid dienone is 1. The fourth-order valence-corrected chi connectivity index (χ4v) is 1.06. The summed E-state index contributed by atoms with van der Waals surface area (Å²) in [6.07, 6.45) is -2.41. The number of carbonyl (C=O) groups excluding carboxylic acids is 2. The largest absolute Gasteiger partial charge is 0.469 e. The number of alkyl halides is 3. The Morgan fingerprint density at radius 1 is 1.35 bits per heavy atom. The Hall–Kier alpha value is -1.53. The number of nitrogens with zero attached hydrogens (tertiary/aromatic N) is 1. The van der Waals surface area contributed by atoms with Crippen molar-refractivity contribution in [1.82, 2.24) is 4.90 Å². The van der Waals surface area contributed by atoms with Crippen molar-refractivity contribution in [1.29, 1.82) is 0 Å². The van der Waals surface area contributed by atoms with Crippen molar-refractivity contribution in [2.24, 2.45) is 0 Å². The van der Waals surface area contributed by atoms with E-state index in [9.17, 15) is 22.8 Å². The van der Waals surface area contributed by atoms with Crippen LogP contribution < -0.4 is 0 Å². The van der Waals surface area contributed by atoms with Crippen molar-refractivity contribution in [2.75, 3.05) is 20.2 Å². The molecule has 0 aromatic carbocycles. The Kier molecular flexibility index (Phi) is 6.30. The van der Waals surface area contributed by atoms with Crippen LogP contribution in [0, 0.1) is 0 Å². The van der Waals surface area contributed by atoms with E-state index in [0.29, 0.717) is 4.90 Å². The number of ether oxygens (including phenoxy) is 1. The summed E-state index contributed by atoms with van der Waals surface area (Å²) in [4.78, 5) is 22.7. The van der Waals surface area contributed by atoms with Gasteiger partial charge in [-0.1, -0.05) is 6.08 Å². The monoisotopic (exact) mass is 253 g/mol. The summed E-state index contributed by atoms with van der Waals surface area (Å²) < 4.78 is 40.8. The molecule has 0 radical (unpaired) electrons. The second-order valence-electron chi connectivity index (χ2n) is 3.20. The molecule has 0 N–H and O–H groups in total. The average molecular weight is 253 g/mol. The first-order chi connectivity index (χ1) is 7.80. The first kappa shape index (κ1) is 15.5. The number of halogens is 3. The molecule has 0 saturated carbocycles. The molecule has 0 aliphatic rings. The van der Waals surface area contributed by atoms with Gasteiger partial charge in [-0.3, -0.25) is 9.59 Å². The van der Waals surface area contributed by atoms with E-state index in [2.05, 4.69) is 4.74 Å².